The first-order valence-corrected chi connectivity index (χ1v) is 6.75. The predicted octanol–water partition coefficient (Wildman–Crippen LogP) is 1.81. The molecule has 1 saturated heterocycles. The Morgan fingerprint density at radius 3 is 2.78 bits per heavy atom. The van der Waals surface area contributed by atoms with E-state index in [1.165, 1.54) is 16.8 Å². The Kier molecular flexibility index (Phi) is 4.25. The van der Waals surface area contributed by atoms with Gasteiger partial charge in [0.05, 0.1) is 12.6 Å². The predicted molar refractivity (Wildman–Crippen MR) is 76.2 cm³/mol. The van der Waals surface area contributed by atoms with Crippen LogP contribution in [0.3, 0.4) is 0 Å². The molecule has 0 amide bonds. The van der Waals surface area contributed by atoms with E-state index in [1.807, 2.05) is 0 Å². The van der Waals surface area contributed by atoms with Crippen LogP contribution in [0.15, 0.2) is 18.2 Å². The zero-order chi connectivity index (χ0) is 13.1. The van der Waals surface area contributed by atoms with Gasteiger partial charge in [-0.25, -0.2) is 0 Å². The van der Waals surface area contributed by atoms with E-state index in [-0.39, 0.29) is 12.6 Å². The summed E-state index contributed by atoms with van der Waals surface area (Å²) in [7, 11) is 2.13. The molecule has 2 rings (SSSR count). The summed E-state index contributed by atoms with van der Waals surface area (Å²) in [5.74, 6) is 0. The molecule has 1 N–H and O–H groups in total. The number of rotatable bonds is 2. The third-order valence-electron chi connectivity index (χ3n) is 4.00. The Hall–Kier alpha value is -1.06. The Morgan fingerprint density at radius 2 is 2.06 bits per heavy atom. The number of likely N-dealkylation sites (N-methyl/N-ethyl adjacent to an activating group) is 1. The summed E-state index contributed by atoms with van der Waals surface area (Å²) in [6.45, 7) is 7.61. The highest BCUT2D eigenvalue weighted by molar-refractivity contribution is 5.56. The molecule has 1 aromatic carbocycles. The molecule has 0 saturated carbocycles. The van der Waals surface area contributed by atoms with Crippen LogP contribution < -0.4 is 4.90 Å². The Morgan fingerprint density at radius 1 is 1.28 bits per heavy atom. The minimum absolute atomic E-state index is 0.206. The van der Waals surface area contributed by atoms with Gasteiger partial charge in [0.15, 0.2) is 0 Å². The normalized spacial score (nSPS) is 22.0. The van der Waals surface area contributed by atoms with Gasteiger partial charge in [-0.2, -0.15) is 0 Å². The highest BCUT2D eigenvalue weighted by Gasteiger charge is 2.24. The zero-order valence-corrected chi connectivity index (χ0v) is 11.7. The molecule has 1 aliphatic heterocycles. The first kappa shape index (κ1) is 13.4. The third kappa shape index (κ3) is 2.68. The number of anilines is 1. The van der Waals surface area contributed by atoms with Gasteiger partial charge in [-0.1, -0.05) is 12.1 Å². The van der Waals surface area contributed by atoms with Crippen molar-refractivity contribution in [1.82, 2.24) is 4.90 Å². The van der Waals surface area contributed by atoms with Gasteiger partial charge < -0.3 is 14.9 Å². The van der Waals surface area contributed by atoms with E-state index in [0.29, 0.717) is 0 Å². The minimum Gasteiger partial charge on any atom is -0.394 e. The van der Waals surface area contributed by atoms with Gasteiger partial charge in [-0.15, -0.1) is 0 Å². The molecule has 3 nitrogen and oxygen atoms in total. The fourth-order valence-electron chi connectivity index (χ4n) is 2.76. The highest BCUT2D eigenvalue weighted by Crippen LogP contribution is 2.26. The molecule has 0 aliphatic carbocycles. The van der Waals surface area contributed by atoms with Gasteiger partial charge in [0, 0.05) is 18.8 Å². The molecule has 1 fully saturated rings. The Bertz CT molecular complexity index is 405. The molecule has 3 heteroatoms. The van der Waals surface area contributed by atoms with Crippen LogP contribution in [0.1, 0.15) is 17.5 Å². The van der Waals surface area contributed by atoms with Crippen LogP contribution in [-0.4, -0.2) is 49.3 Å². The summed E-state index contributed by atoms with van der Waals surface area (Å²) in [5.41, 5.74) is 3.94. The number of hydrogen-bond donors (Lipinski definition) is 1. The van der Waals surface area contributed by atoms with Gasteiger partial charge in [0.2, 0.25) is 0 Å². The lowest BCUT2D eigenvalue weighted by molar-refractivity contribution is 0.229. The smallest absolute Gasteiger partial charge is 0.0647 e. The standard InChI is InChI=1S/C15H24N2O/c1-12-6-4-7-15(13(12)2)17-9-5-8-16(3)10-14(17)11-18/h4,6-7,14,18H,5,8-11H2,1-3H3. The van der Waals surface area contributed by atoms with Gasteiger partial charge in [-0.05, 0) is 51.1 Å². The summed E-state index contributed by atoms with van der Waals surface area (Å²) >= 11 is 0. The largest absolute Gasteiger partial charge is 0.394 e. The quantitative estimate of drug-likeness (QED) is 0.864. The molecule has 1 unspecified atom stereocenters. The van der Waals surface area contributed by atoms with Crippen molar-refractivity contribution in [3.63, 3.8) is 0 Å². The van der Waals surface area contributed by atoms with Crippen molar-refractivity contribution >= 4 is 5.69 Å². The van der Waals surface area contributed by atoms with Crippen molar-refractivity contribution < 1.29 is 5.11 Å². The fraction of sp³-hybridized carbons (Fsp3) is 0.600. The summed E-state index contributed by atoms with van der Waals surface area (Å²) < 4.78 is 0. The number of aryl methyl sites for hydroxylation is 1. The Balaban J connectivity index is 2.31. The average molecular weight is 248 g/mol. The molecule has 1 aromatic rings. The topological polar surface area (TPSA) is 26.7 Å². The van der Waals surface area contributed by atoms with E-state index < -0.39 is 0 Å². The number of aliphatic hydroxyl groups excluding tert-OH is 1. The van der Waals surface area contributed by atoms with Crippen LogP contribution in [0.25, 0.3) is 0 Å². The zero-order valence-electron chi connectivity index (χ0n) is 11.7. The highest BCUT2D eigenvalue weighted by atomic mass is 16.3. The lowest BCUT2D eigenvalue weighted by atomic mass is 10.1. The maximum atomic E-state index is 9.66. The number of aliphatic hydroxyl groups is 1. The van der Waals surface area contributed by atoms with Gasteiger partial charge in [0.25, 0.3) is 0 Å². The van der Waals surface area contributed by atoms with Crippen LogP contribution in [0.5, 0.6) is 0 Å². The lowest BCUT2D eigenvalue weighted by Crippen LogP contribution is -2.43. The van der Waals surface area contributed by atoms with Crippen molar-refractivity contribution in [3.8, 4) is 0 Å². The first-order chi connectivity index (χ1) is 8.63. The molecular weight excluding hydrogens is 224 g/mol. The lowest BCUT2D eigenvalue weighted by Gasteiger charge is -2.33. The van der Waals surface area contributed by atoms with E-state index >= 15 is 0 Å². The molecular formula is C15H24N2O. The van der Waals surface area contributed by atoms with Gasteiger partial charge in [-0.3, -0.25) is 0 Å². The Labute approximate surface area is 110 Å². The van der Waals surface area contributed by atoms with Gasteiger partial charge in [0.1, 0.15) is 0 Å². The van der Waals surface area contributed by atoms with Crippen LogP contribution in [0.2, 0.25) is 0 Å². The molecule has 100 valence electrons. The second-order valence-corrected chi connectivity index (χ2v) is 5.36. The maximum Gasteiger partial charge on any atom is 0.0647 e. The van der Waals surface area contributed by atoms with Crippen LogP contribution in [-0.2, 0) is 0 Å². The molecule has 0 aromatic heterocycles. The van der Waals surface area contributed by atoms with Crippen molar-refractivity contribution in [3.05, 3.63) is 29.3 Å². The maximum absolute atomic E-state index is 9.66. The van der Waals surface area contributed by atoms with E-state index in [9.17, 15) is 5.11 Å². The second kappa shape index (κ2) is 5.72. The van der Waals surface area contributed by atoms with Crippen molar-refractivity contribution in [2.75, 3.05) is 38.2 Å². The number of benzene rings is 1. The minimum atomic E-state index is 0.206. The molecule has 1 aliphatic rings. The number of nitrogens with zero attached hydrogens (tertiary/aromatic N) is 2. The summed E-state index contributed by atoms with van der Waals surface area (Å²) in [6, 6.07) is 6.64. The molecule has 18 heavy (non-hydrogen) atoms. The first-order valence-electron chi connectivity index (χ1n) is 6.75. The second-order valence-electron chi connectivity index (χ2n) is 5.36. The molecule has 0 bridgehead atoms. The SMILES string of the molecule is Cc1cccc(N2CCCN(C)CC2CO)c1C. The summed E-state index contributed by atoms with van der Waals surface area (Å²) in [5, 5.41) is 9.66. The number of hydrogen-bond acceptors (Lipinski definition) is 3. The van der Waals surface area contributed by atoms with Crippen molar-refractivity contribution in [2.24, 2.45) is 0 Å². The van der Waals surface area contributed by atoms with E-state index in [4.69, 9.17) is 0 Å². The average Bonchev–Trinajstić information content (AvgIpc) is 2.54. The summed E-state index contributed by atoms with van der Waals surface area (Å²) in [4.78, 5) is 4.69. The molecule has 0 radical (unpaired) electrons. The molecule has 1 atom stereocenters. The van der Waals surface area contributed by atoms with Gasteiger partial charge >= 0.3 is 0 Å². The third-order valence-corrected chi connectivity index (χ3v) is 4.00. The van der Waals surface area contributed by atoms with Crippen LogP contribution in [0.4, 0.5) is 5.69 Å². The van der Waals surface area contributed by atoms with Crippen LogP contribution >= 0.6 is 0 Å². The van der Waals surface area contributed by atoms with E-state index in [2.05, 4.69) is 48.9 Å². The molecule has 1 heterocycles. The van der Waals surface area contributed by atoms with Crippen molar-refractivity contribution in [2.45, 2.75) is 26.3 Å². The van der Waals surface area contributed by atoms with Crippen LogP contribution in [0, 0.1) is 13.8 Å². The van der Waals surface area contributed by atoms with E-state index in [0.717, 1.165) is 26.1 Å². The summed E-state index contributed by atoms with van der Waals surface area (Å²) in [6.07, 6.45) is 1.15. The van der Waals surface area contributed by atoms with Crippen molar-refractivity contribution in [1.29, 1.82) is 0 Å². The fourth-order valence-corrected chi connectivity index (χ4v) is 2.76. The van der Waals surface area contributed by atoms with E-state index in [1.54, 1.807) is 0 Å². The monoisotopic (exact) mass is 248 g/mol. The molecule has 0 spiro atoms.